The maximum atomic E-state index is 10.1. The van der Waals surface area contributed by atoms with E-state index in [1.807, 2.05) is 6.08 Å². The number of allylic oxidation sites excluding steroid dienone is 3. The van der Waals surface area contributed by atoms with Gasteiger partial charge < -0.3 is 9.90 Å². The maximum Gasteiger partial charge on any atom is 0.0452 e. The van der Waals surface area contributed by atoms with Crippen molar-refractivity contribution in [2.75, 3.05) is 0 Å². The standard InChI is InChI=1S/C18H32O2/c1-2-3-4-5-6-7-8-9-10-11-12-13-14-15-16-17-18(19)20/h13-16H,2-12,17H2,1H3,(H,19,20)/p-1/b14-13+,16-15+. The van der Waals surface area contributed by atoms with Gasteiger partial charge in [0.25, 0.3) is 0 Å². The Morgan fingerprint density at radius 1 is 0.800 bits per heavy atom. The molecule has 0 rings (SSSR count). The largest absolute Gasteiger partial charge is 0.550 e. The molecule has 0 atom stereocenters. The van der Waals surface area contributed by atoms with Crippen molar-refractivity contribution in [2.24, 2.45) is 0 Å². The SMILES string of the molecule is CCCCCCCCCCCC/C=C/C=C/CC(=O)[O-]. The maximum absolute atomic E-state index is 10.1. The summed E-state index contributed by atoms with van der Waals surface area (Å²) in [6, 6.07) is 0. The van der Waals surface area contributed by atoms with Gasteiger partial charge in [-0.3, -0.25) is 0 Å². The summed E-state index contributed by atoms with van der Waals surface area (Å²) in [7, 11) is 0. The monoisotopic (exact) mass is 279 g/mol. The lowest BCUT2D eigenvalue weighted by molar-refractivity contribution is -0.304. The lowest BCUT2D eigenvalue weighted by Crippen LogP contribution is -2.20. The Labute approximate surface area is 125 Å². The van der Waals surface area contributed by atoms with Crippen LogP contribution in [0.1, 0.15) is 84.0 Å². The van der Waals surface area contributed by atoms with Crippen LogP contribution in [0.2, 0.25) is 0 Å². The van der Waals surface area contributed by atoms with E-state index in [0.29, 0.717) is 0 Å². The Balaban J connectivity index is 3.14. The van der Waals surface area contributed by atoms with Crippen LogP contribution < -0.4 is 5.11 Å². The molecule has 116 valence electrons. The van der Waals surface area contributed by atoms with E-state index in [1.54, 1.807) is 12.2 Å². The van der Waals surface area contributed by atoms with Gasteiger partial charge in [-0.05, 0) is 12.8 Å². The molecular formula is C18H31O2-. The first-order valence-corrected chi connectivity index (χ1v) is 8.29. The minimum Gasteiger partial charge on any atom is -0.550 e. The average molecular weight is 279 g/mol. The number of hydrogen-bond acceptors (Lipinski definition) is 2. The number of hydrogen-bond donors (Lipinski definition) is 0. The van der Waals surface area contributed by atoms with E-state index in [0.717, 1.165) is 6.42 Å². The quantitative estimate of drug-likeness (QED) is 0.346. The highest BCUT2D eigenvalue weighted by molar-refractivity contribution is 5.66. The Bertz CT molecular complexity index is 267. The highest BCUT2D eigenvalue weighted by Crippen LogP contribution is 2.11. The van der Waals surface area contributed by atoms with Crippen LogP contribution >= 0.6 is 0 Å². The zero-order chi connectivity index (χ0) is 14.9. The normalized spacial score (nSPS) is 11.7. The number of carboxylic acids is 1. The van der Waals surface area contributed by atoms with Gasteiger partial charge in [-0.25, -0.2) is 0 Å². The van der Waals surface area contributed by atoms with E-state index in [-0.39, 0.29) is 6.42 Å². The number of carboxylic acid groups (broad SMARTS) is 1. The van der Waals surface area contributed by atoms with Crippen molar-refractivity contribution in [3.05, 3.63) is 24.3 Å². The Morgan fingerprint density at radius 2 is 1.30 bits per heavy atom. The molecule has 0 saturated carbocycles. The zero-order valence-electron chi connectivity index (χ0n) is 13.1. The zero-order valence-corrected chi connectivity index (χ0v) is 13.1. The van der Waals surface area contributed by atoms with Gasteiger partial charge in [0.1, 0.15) is 0 Å². The predicted octanol–water partition coefficient (Wildman–Crippen LogP) is 4.55. The van der Waals surface area contributed by atoms with Gasteiger partial charge in [-0.1, -0.05) is 89.0 Å². The van der Waals surface area contributed by atoms with Gasteiger partial charge >= 0.3 is 0 Å². The van der Waals surface area contributed by atoms with Crippen molar-refractivity contribution in [1.82, 2.24) is 0 Å². The van der Waals surface area contributed by atoms with E-state index in [9.17, 15) is 9.90 Å². The van der Waals surface area contributed by atoms with Gasteiger partial charge in [0, 0.05) is 12.4 Å². The summed E-state index contributed by atoms with van der Waals surface area (Å²) in [6.07, 6.45) is 22.1. The van der Waals surface area contributed by atoms with E-state index in [2.05, 4.69) is 13.0 Å². The first-order valence-electron chi connectivity index (χ1n) is 8.29. The van der Waals surface area contributed by atoms with E-state index in [1.165, 1.54) is 64.2 Å². The Kier molecular flexibility index (Phi) is 15.2. The van der Waals surface area contributed by atoms with E-state index >= 15 is 0 Å². The topological polar surface area (TPSA) is 40.1 Å². The first-order chi connectivity index (χ1) is 9.77. The molecule has 0 aliphatic rings. The first kappa shape index (κ1) is 18.9. The molecule has 0 amide bonds. The summed E-state index contributed by atoms with van der Waals surface area (Å²) in [5.74, 6) is -1.02. The van der Waals surface area contributed by atoms with Crippen molar-refractivity contribution in [2.45, 2.75) is 84.0 Å². The molecule has 20 heavy (non-hydrogen) atoms. The molecule has 2 heteroatoms. The van der Waals surface area contributed by atoms with E-state index in [4.69, 9.17) is 0 Å². The molecular weight excluding hydrogens is 248 g/mol. The second kappa shape index (κ2) is 16.0. The molecule has 0 N–H and O–H groups in total. The fraction of sp³-hybridized carbons (Fsp3) is 0.722. The van der Waals surface area contributed by atoms with Gasteiger partial charge in [0.2, 0.25) is 0 Å². The Hall–Kier alpha value is -1.05. The molecule has 0 aliphatic carbocycles. The van der Waals surface area contributed by atoms with Gasteiger partial charge in [0.15, 0.2) is 0 Å². The van der Waals surface area contributed by atoms with Crippen molar-refractivity contribution >= 4 is 5.97 Å². The summed E-state index contributed by atoms with van der Waals surface area (Å²) in [4.78, 5) is 10.1. The fourth-order valence-electron chi connectivity index (χ4n) is 2.17. The van der Waals surface area contributed by atoms with Crippen molar-refractivity contribution in [1.29, 1.82) is 0 Å². The highest BCUT2D eigenvalue weighted by atomic mass is 16.4. The van der Waals surface area contributed by atoms with Crippen LogP contribution in [-0.2, 0) is 4.79 Å². The van der Waals surface area contributed by atoms with Gasteiger partial charge in [0.05, 0.1) is 0 Å². The Morgan fingerprint density at radius 3 is 1.85 bits per heavy atom. The second-order valence-corrected chi connectivity index (χ2v) is 5.40. The summed E-state index contributed by atoms with van der Waals surface area (Å²) < 4.78 is 0. The molecule has 0 spiro atoms. The third-order valence-electron chi connectivity index (χ3n) is 3.39. The lowest BCUT2D eigenvalue weighted by Gasteiger charge is -2.01. The van der Waals surface area contributed by atoms with Crippen LogP contribution in [0.5, 0.6) is 0 Å². The number of carbonyl (C=O) groups is 1. The molecule has 2 nitrogen and oxygen atoms in total. The third-order valence-corrected chi connectivity index (χ3v) is 3.39. The van der Waals surface area contributed by atoms with Crippen LogP contribution in [0, 0.1) is 0 Å². The van der Waals surface area contributed by atoms with Crippen LogP contribution in [0.3, 0.4) is 0 Å². The fourth-order valence-corrected chi connectivity index (χ4v) is 2.17. The van der Waals surface area contributed by atoms with Crippen LogP contribution in [0.25, 0.3) is 0 Å². The molecule has 0 heterocycles. The smallest absolute Gasteiger partial charge is 0.0452 e. The van der Waals surface area contributed by atoms with Gasteiger partial charge in [-0.2, -0.15) is 0 Å². The minimum absolute atomic E-state index is 0.00258. The summed E-state index contributed by atoms with van der Waals surface area (Å²) in [5.41, 5.74) is 0. The second-order valence-electron chi connectivity index (χ2n) is 5.40. The molecule has 0 aromatic heterocycles. The molecule has 0 aromatic carbocycles. The highest BCUT2D eigenvalue weighted by Gasteiger charge is 1.91. The van der Waals surface area contributed by atoms with Crippen molar-refractivity contribution in [3.8, 4) is 0 Å². The van der Waals surface area contributed by atoms with Crippen molar-refractivity contribution in [3.63, 3.8) is 0 Å². The third kappa shape index (κ3) is 16.9. The molecule has 0 unspecified atom stereocenters. The summed E-state index contributed by atoms with van der Waals surface area (Å²) >= 11 is 0. The van der Waals surface area contributed by atoms with Crippen LogP contribution in [-0.4, -0.2) is 5.97 Å². The number of unbranched alkanes of at least 4 members (excludes halogenated alkanes) is 10. The summed E-state index contributed by atoms with van der Waals surface area (Å²) in [6.45, 7) is 2.26. The lowest BCUT2D eigenvalue weighted by atomic mass is 10.1. The van der Waals surface area contributed by atoms with Crippen molar-refractivity contribution < 1.29 is 9.90 Å². The molecule has 0 bridgehead atoms. The average Bonchev–Trinajstić information content (AvgIpc) is 2.43. The molecule has 0 aliphatic heterocycles. The number of carbonyl (C=O) groups excluding carboxylic acids is 1. The minimum atomic E-state index is -1.02. The molecule has 0 fully saturated rings. The molecule has 0 aromatic rings. The number of rotatable bonds is 14. The molecule has 0 radical (unpaired) electrons. The van der Waals surface area contributed by atoms with E-state index < -0.39 is 5.97 Å². The summed E-state index contributed by atoms with van der Waals surface area (Å²) in [5, 5.41) is 10.1. The number of aliphatic carboxylic acids is 1. The van der Waals surface area contributed by atoms with Crippen LogP contribution in [0.15, 0.2) is 24.3 Å². The van der Waals surface area contributed by atoms with Gasteiger partial charge in [-0.15, -0.1) is 0 Å². The van der Waals surface area contributed by atoms with Crippen LogP contribution in [0.4, 0.5) is 0 Å². The molecule has 0 saturated heterocycles. The predicted molar refractivity (Wildman–Crippen MR) is 84.4 cm³/mol.